The highest BCUT2D eigenvalue weighted by molar-refractivity contribution is 7.85. The summed E-state index contributed by atoms with van der Waals surface area (Å²) in [5, 5.41) is 8.40. The summed E-state index contributed by atoms with van der Waals surface area (Å²) in [5.41, 5.74) is 0. The molecule has 68 valence electrons. The van der Waals surface area contributed by atoms with Crippen LogP contribution < -0.4 is 0 Å². The molecule has 0 aliphatic heterocycles. The van der Waals surface area contributed by atoms with Gasteiger partial charge < -0.3 is 5.11 Å². The highest BCUT2D eigenvalue weighted by Crippen LogP contribution is 2.06. The summed E-state index contributed by atoms with van der Waals surface area (Å²) in [4.78, 5) is 0. The van der Waals surface area contributed by atoms with Crippen LogP contribution in [0, 0.1) is 5.92 Å². The van der Waals surface area contributed by atoms with Gasteiger partial charge in [0.2, 0.25) is 0 Å². The molecule has 0 saturated heterocycles. The number of rotatable bonds is 5. The molecule has 11 heavy (non-hydrogen) atoms. The SMILES string of the molecule is CC(CCCO)CS(=O)(=O)O. The van der Waals surface area contributed by atoms with E-state index in [1.165, 1.54) is 0 Å². The summed E-state index contributed by atoms with van der Waals surface area (Å²) < 4.78 is 29.0. The van der Waals surface area contributed by atoms with Crippen LogP contribution in [-0.4, -0.2) is 30.4 Å². The monoisotopic (exact) mass is 182 g/mol. The van der Waals surface area contributed by atoms with Crippen LogP contribution in [0.1, 0.15) is 19.8 Å². The molecule has 5 heteroatoms. The molecule has 4 nitrogen and oxygen atoms in total. The van der Waals surface area contributed by atoms with E-state index < -0.39 is 10.1 Å². The molecular weight excluding hydrogens is 168 g/mol. The first-order chi connectivity index (χ1) is 4.95. The fraction of sp³-hybridized carbons (Fsp3) is 1.00. The Morgan fingerprint density at radius 1 is 1.45 bits per heavy atom. The van der Waals surface area contributed by atoms with Gasteiger partial charge in [0.25, 0.3) is 10.1 Å². The predicted octanol–water partition coefficient (Wildman–Crippen LogP) is 0.283. The minimum Gasteiger partial charge on any atom is -0.396 e. The average molecular weight is 182 g/mol. The molecule has 0 saturated carbocycles. The summed E-state index contributed by atoms with van der Waals surface area (Å²) in [7, 11) is -3.84. The normalized spacial score (nSPS) is 14.8. The van der Waals surface area contributed by atoms with Crippen molar-refractivity contribution in [3.8, 4) is 0 Å². The molecule has 0 rings (SSSR count). The van der Waals surface area contributed by atoms with Gasteiger partial charge in [0.1, 0.15) is 0 Å². The van der Waals surface area contributed by atoms with Gasteiger partial charge in [0.15, 0.2) is 0 Å². The number of aliphatic hydroxyl groups is 1. The Balaban J connectivity index is 3.61. The number of aliphatic hydroxyl groups excluding tert-OH is 1. The zero-order chi connectivity index (χ0) is 8.91. The summed E-state index contributed by atoms with van der Waals surface area (Å²) in [6, 6.07) is 0. The first-order valence-electron chi connectivity index (χ1n) is 3.51. The van der Waals surface area contributed by atoms with Crippen molar-refractivity contribution in [3.05, 3.63) is 0 Å². The Hall–Kier alpha value is -0.130. The first-order valence-corrected chi connectivity index (χ1v) is 5.12. The Kier molecular flexibility index (Phi) is 4.63. The highest BCUT2D eigenvalue weighted by Gasteiger charge is 2.11. The van der Waals surface area contributed by atoms with Gasteiger partial charge in [-0.1, -0.05) is 6.92 Å². The van der Waals surface area contributed by atoms with Crippen molar-refractivity contribution >= 4 is 10.1 Å². The van der Waals surface area contributed by atoms with Crippen molar-refractivity contribution in [2.45, 2.75) is 19.8 Å². The maximum absolute atomic E-state index is 10.3. The van der Waals surface area contributed by atoms with E-state index in [2.05, 4.69) is 0 Å². The lowest BCUT2D eigenvalue weighted by atomic mass is 10.1. The quantitative estimate of drug-likeness (QED) is 0.599. The van der Waals surface area contributed by atoms with Crippen molar-refractivity contribution in [3.63, 3.8) is 0 Å². The molecule has 1 unspecified atom stereocenters. The molecule has 0 fully saturated rings. The smallest absolute Gasteiger partial charge is 0.265 e. The number of hydrogen-bond donors (Lipinski definition) is 2. The molecule has 0 aromatic carbocycles. The van der Waals surface area contributed by atoms with E-state index in [4.69, 9.17) is 9.66 Å². The Morgan fingerprint density at radius 2 is 2.00 bits per heavy atom. The summed E-state index contributed by atoms with van der Waals surface area (Å²) in [6.07, 6.45) is 1.20. The largest absolute Gasteiger partial charge is 0.396 e. The van der Waals surface area contributed by atoms with Gasteiger partial charge in [0, 0.05) is 6.61 Å². The third kappa shape index (κ3) is 7.77. The maximum Gasteiger partial charge on any atom is 0.265 e. The molecular formula is C6H14O4S. The molecule has 1 atom stereocenters. The van der Waals surface area contributed by atoms with Crippen LogP contribution in [0.15, 0.2) is 0 Å². The van der Waals surface area contributed by atoms with Crippen LogP contribution in [0.4, 0.5) is 0 Å². The van der Waals surface area contributed by atoms with E-state index in [1.807, 2.05) is 0 Å². The fourth-order valence-electron chi connectivity index (χ4n) is 0.883. The maximum atomic E-state index is 10.3. The third-order valence-corrected chi connectivity index (χ3v) is 2.34. The molecule has 0 aliphatic rings. The second-order valence-corrected chi connectivity index (χ2v) is 4.22. The molecule has 0 aromatic heterocycles. The average Bonchev–Trinajstić information content (AvgIpc) is 1.79. The standard InChI is InChI=1S/C6H14O4S/c1-6(3-2-4-7)5-11(8,9)10/h6-7H,2-5H2,1H3,(H,8,9,10). The molecule has 0 heterocycles. The van der Waals surface area contributed by atoms with Crippen molar-refractivity contribution in [2.24, 2.45) is 5.92 Å². The molecule has 2 N–H and O–H groups in total. The van der Waals surface area contributed by atoms with E-state index in [-0.39, 0.29) is 18.3 Å². The third-order valence-electron chi connectivity index (χ3n) is 1.35. The van der Waals surface area contributed by atoms with Crippen molar-refractivity contribution in [1.29, 1.82) is 0 Å². The van der Waals surface area contributed by atoms with Gasteiger partial charge in [-0.3, -0.25) is 4.55 Å². The van der Waals surface area contributed by atoms with Crippen LogP contribution in [0.25, 0.3) is 0 Å². The lowest BCUT2D eigenvalue weighted by Gasteiger charge is -2.06. The van der Waals surface area contributed by atoms with Crippen LogP contribution in [0.5, 0.6) is 0 Å². The Morgan fingerprint density at radius 3 is 2.36 bits per heavy atom. The van der Waals surface area contributed by atoms with E-state index in [1.54, 1.807) is 6.92 Å². The molecule has 0 aromatic rings. The molecule has 0 radical (unpaired) electrons. The van der Waals surface area contributed by atoms with Gasteiger partial charge in [-0.2, -0.15) is 8.42 Å². The van der Waals surface area contributed by atoms with Gasteiger partial charge in [-0.05, 0) is 18.8 Å². The summed E-state index contributed by atoms with van der Waals surface area (Å²) >= 11 is 0. The topological polar surface area (TPSA) is 74.6 Å². The van der Waals surface area contributed by atoms with E-state index in [9.17, 15) is 8.42 Å². The Labute approximate surface area is 67.0 Å². The zero-order valence-electron chi connectivity index (χ0n) is 6.52. The predicted molar refractivity (Wildman–Crippen MR) is 41.9 cm³/mol. The summed E-state index contributed by atoms with van der Waals surface area (Å²) in [6.45, 7) is 1.79. The minimum absolute atomic E-state index is 0.0653. The lowest BCUT2D eigenvalue weighted by molar-refractivity contribution is 0.276. The summed E-state index contributed by atoms with van der Waals surface area (Å²) in [5.74, 6) is -0.301. The van der Waals surface area contributed by atoms with Gasteiger partial charge >= 0.3 is 0 Å². The van der Waals surface area contributed by atoms with Crippen LogP contribution in [-0.2, 0) is 10.1 Å². The zero-order valence-corrected chi connectivity index (χ0v) is 7.34. The fourth-order valence-corrected chi connectivity index (χ4v) is 1.77. The molecule has 0 bridgehead atoms. The Bertz CT molecular complexity index is 185. The minimum atomic E-state index is -3.84. The van der Waals surface area contributed by atoms with E-state index in [0.29, 0.717) is 12.8 Å². The van der Waals surface area contributed by atoms with Gasteiger partial charge in [-0.25, -0.2) is 0 Å². The lowest BCUT2D eigenvalue weighted by Crippen LogP contribution is -2.12. The number of hydrogen-bond acceptors (Lipinski definition) is 3. The van der Waals surface area contributed by atoms with E-state index >= 15 is 0 Å². The first kappa shape index (κ1) is 10.9. The molecule has 0 aliphatic carbocycles. The van der Waals surface area contributed by atoms with Gasteiger partial charge in [-0.15, -0.1) is 0 Å². The second-order valence-electron chi connectivity index (χ2n) is 2.72. The van der Waals surface area contributed by atoms with Crippen LogP contribution in [0.2, 0.25) is 0 Å². The van der Waals surface area contributed by atoms with Crippen molar-refractivity contribution < 1.29 is 18.1 Å². The van der Waals surface area contributed by atoms with Crippen molar-refractivity contribution in [2.75, 3.05) is 12.4 Å². The molecule has 0 spiro atoms. The highest BCUT2D eigenvalue weighted by atomic mass is 32.2. The van der Waals surface area contributed by atoms with Crippen LogP contribution in [0.3, 0.4) is 0 Å². The van der Waals surface area contributed by atoms with Crippen LogP contribution >= 0.6 is 0 Å². The van der Waals surface area contributed by atoms with Gasteiger partial charge in [0.05, 0.1) is 5.75 Å². The molecule has 0 amide bonds. The van der Waals surface area contributed by atoms with Crippen molar-refractivity contribution in [1.82, 2.24) is 0 Å². The second kappa shape index (κ2) is 4.69. The van der Waals surface area contributed by atoms with E-state index in [0.717, 1.165) is 0 Å².